The van der Waals surface area contributed by atoms with E-state index in [4.69, 9.17) is 10.4 Å². The number of rotatable bonds is 6. The van der Waals surface area contributed by atoms with E-state index in [1.165, 1.54) is 0 Å². The van der Waals surface area contributed by atoms with E-state index in [9.17, 15) is 5.11 Å². The molecule has 0 bridgehead atoms. The highest BCUT2D eigenvalue weighted by Gasteiger charge is 2.24. The summed E-state index contributed by atoms with van der Waals surface area (Å²) < 4.78 is 0. The average molecular weight is 276 g/mol. The van der Waals surface area contributed by atoms with Gasteiger partial charge in [-0.1, -0.05) is 32.9 Å². The van der Waals surface area contributed by atoms with Crippen molar-refractivity contribution in [3.05, 3.63) is 35.4 Å². The average Bonchev–Trinajstić information content (AvgIpc) is 2.42. The van der Waals surface area contributed by atoms with E-state index in [1.54, 1.807) is 24.3 Å². The maximum absolute atomic E-state index is 10.2. The zero-order chi connectivity index (χ0) is 15.2. The summed E-state index contributed by atoms with van der Waals surface area (Å²) in [6.07, 6.45) is 0.0372. The van der Waals surface area contributed by atoms with Gasteiger partial charge in [-0.15, -0.1) is 0 Å². The molecule has 0 radical (unpaired) electrons. The van der Waals surface area contributed by atoms with Crippen LogP contribution in [0.15, 0.2) is 24.3 Å². The fraction of sp³-hybridized carbons (Fsp3) is 0.562. The fourth-order valence-corrected chi connectivity index (χ4v) is 2.12. The third kappa shape index (κ3) is 4.93. The Morgan fingerprint density at radius 2 is 1.85 bits per heavy atom. The molecule has 0 saturated heterocycles. The lowest BCUT2D eigenvalue weighted by molar-refractivity contribution is 0.142. The molecular weight excluding hydrogens is 252 g/mol. The van der Waals surface area contributed by atoms with Gasteiger partial charge in [-0.2, -0.15) is 5.26 Å². The van der Waals surface area contributed by atoms with Crippen molar-refractivity contribution in [3.63, 3.8) is 0 Å². The normalized spacial score (nSPS) is 14.6. The number of hydrogen-bond acceptors (Lipinski definition) is 4. The summed E-state index contributed by atoms with van der Waals surface area (Å²) in [5, 5.41) is 31.3. The van der Waals surface area contributed by atoms with Crippen molar-refractivity contribution < 1.29 is 10.2 Å². The molecule has 0 heterocycles. The molecule has 2 atom stereocenters. The van der Waals surface area contributed by atoms with Gasteiger partial charge < -0.3 is 15.5 Å². The van der Waals surface area contributed by atoms with Gasteiger partial charge in [-0.25, -0.2) is 0 Å². The number of nitrogens with zero attached hydrogens (tertiary/aromatic N) is 1. The number of benzene rings is 1. The smallest absolute Gasteiger partial charge is 0.0991 e. The summed E-state index contributed by atoms with van der Waals surface area (Å²) >= 11 is 0. The molecule has 0 saturated carbocycles. The van der Waals surface area contributed by atoms with Crippen molar-refractivity contribution in [1.29, 1.82) is 5.26 Å². The second-order valence-electron chi connectivity index (χ2n) is 6.09. The molecule has 4 heteroatoms. The minimum absolute atomic E-state index is 0.0209. The molecule has 2 unspecified atom stereocenters. The first-order chi connectivity index (χ1) is 9.38. The molecule has 0 aromatic heterocycles. The van der Waals surface area contributed by atoms with Crippen molar-refractivity contribution in [1.82, 2.24) is 5.32 Å². The van der Waals surface area contributed by atoms with Crippen LogP contribution in [0, 0.1) is 16.7 Å². The second kappa shape index (κ2) is 7.39. The van der Waals surface area contributed by atoms with Crippen LogP contribution in [-0.4, -0.2) is 29.4 Å². The Hall–Kier alpha value is -1.41. The van der Waals surface area contributed by atoms with E-state index in [2.05, 4.69) is 32.2 Å². The van der Waals surface area contributed by atoms with Crippen LogP contribution >= 0.6 is 0 Å². The quantitative estimate of drug-likeness (QED) is 0.742. The lowest BCUT2D eigenvalue weighted by Gasteiger charge is -2.32. The van der Waals surface area contributed by atoms with E-state index < -0.39 is 6.10 Å². The van der Waals surface area contributed by atoms with Gasteiger partial charge in [-0.05, 0) is 29.5 Å². The Morgan fingerprint density at radius 1 is 1.25 bits per heavy atom. The van der Waals surface area contributed by atoms with Crippen LogP contribution in [0.1, 0.15) is 44.4 Å². The molecule has 0 aliphatic carbocycles. The van der Waals surface area contributed by atoms with Crippen LogP contribution < -0.4 is 5.32 Å². The first-order valence-electron chi connectivity index (χ1n) is 6.91. The zero-order valence-corrected chi connectivity index (χ0v) is 12.4. The Balaban J connectivity index is 2.60. The summed E-state index contributed by atoms with van der Waals surface area (Å²) in [5.74, 6) is 0. The summed E-state index contributed by atoms with van der Waals surface area (Å²) in [6.45, 7) is 6.87. The van der Waals surface area contributed by atoms with Gasteiger partial charge >= 0.3 is 0 Å². The topological polar surface area (TPSA) is 76.3 Å². The first kappa shape index (κ1) is 16.6. The minimum atomic E-state index is -0.619. The molecule has 0 aliphatic heterocycles. The van der Waals surface area contributed by atoms with E-state index in [0.29, 0.717) is 18.5 Å². The molecule has 110 valence electrons. The number of aliphatic hydroxyl groups is 2. The molecule has 20 heavy (non-hydrogen) atoms. The van der Waals surface area contributed by atoms with Crippen LogP contribution in [0.5, 0.6) is 0 Å². The van der Waals surface area contributed by atoms with Gasteiger partial charge in [0, 0.05) is 19.2 Å². The molecule has 1 aromatic carbocycles. The minimum Gasteiger partial charge on any atom is -0.396 e. The van der Waals surface area contributed by atoms with Crippen LogP contribution in [0.25, 0.3) is 0 Å². The fourth-order valence-electron chi connectivity index (χ4n) is 2.12. The number of nitriles is 1. The predicted molar refractivity (Wildman–Crippen MR) is 79.1 cm³/mol. The van der Waals surface area contributed by atoms with Gasteiger partial charge in [0.05, 0.1) is 17.7 Å². The third-order valence-electron chi connectivity index (χ3n) is 3.45. The Labute approximate surface area is 121 Å². The molecule has 1 aromatic rings. The van der Waals surface area contributed by atoms with Gasteiger partial charge in [0.1, 0.15) is 0 Å². The molecule has 0 spiro atoms. The van der Waals surface area contributed by atoms with Crippen LogP contribution in [0.3, 0.4) is 0 Å². The van der Waals surface area contributed by atoms with Crippen molar-refractivity contribution >= 4 is 0 Å². The van der Waals surface area contributed by atoms with Crippen LogP contribution in [0.4, 0.5) is 0 Å². The van der Waals surface area contributed by atoms with Gasteiger partial charge in [0.15, 0.2) is 0 Å². The SMILES string of the molecule is CC(C)(C)C(CCO)NCC(O)c1ccc(C#N)cc1. The van der Waals surface area contributed by atoms with Crippen molar-refractivity contribution in [2.24, 2.45) is 5.41 Å². The van der Waals surface area contributed by atoms with Gasteiger partial charge in [0.25, 0.3) is 0 Å². The summed E-state index contributed by atoms with van der Waals surface area (Å²) in [4.78, 5) is 0. The van der Waals surface area contributed by atoms with Crippen molar-refractivity contribution in [2.75, 3.05) is 13.2 Å². The highest BCUT2D eigenvalue weighted by molar-refractivity contribution is 5.32. The van der Waals surface area contributed by atoms with Gasteiger partial charge in [-0.3, -0.25) is 0 Å². The third-order valence-corrected chi connectivity index (χ3v) is 3.45. The summed E-state index contributed by atoms with van der Waals surface area (Å²) in [6, 6.07) is 9.13. The summed E-state index contributed by atoms with van der Waals surface area (Å²) in [7, 11) is 0. The Morgan fingerprint density at radius 3 is 2.30 bits per heavy atom. The number of aliphatic hydroxyl groups excluding tert-OH is 2. The molecular formula is C16H24N2O2. The molecule has 4 nitrogen and oxygen atoms in total. The maximum atomic E-state index is 10.2. The number of hydrogen-bond donors (Lipinski definition) is 3. The zero-order valence-electron chi connectivity index (χ0n) is 12.4. The second-order valence-corrected chi connectivity index (χ2v) is 6.09. The Bertz CT molecular complexity index is 443. The highest BCUT2D eigenvalue weighted by atomic mass is 16.3. The van der Waals surface area contributed by atoms with Crippen LogP contribution in [0.2, 0.25) is 0 Å². The molecule has 1 rings (SSSR count). The van der Waals surface area contributed by atoms with E-state index >= 15 is 0 Å². The number of nitrogens with one attached hydrogen (secondary N) is 1. The monoisotopic (exact) mass is 276 g/mol. The molecule has 0 amide bonds. The summed E-state index contributed by atoms with van der Waals surface area (Å²) in [5.41, 5.74) is 1.39. The molecule has 3 N–H and O–H groups in total. The maximum Gasteiger partial charge on any atom is 0.0991 e. The van der Waals surface area contributed by atoms with E-state index in [1.807, 2.05) is 0 Å². The first-order valence-corrected chi connectivity index (χ1v) is 6.91. The van der Waals surface area contributed by atoms with E-state index in [-0.39, 0.29) is 18.1 Å². The van der Waals surface area contributed by atoms with Crippen molar-refractivity contribution in [3.8, 4) is 6.07 Å². The standard InChI is InChI=1S/C16H24N2O2/c1-16(2,3)15(8-9-19)18-11-14(20)13-6-4-12(10-17)5-7-13/h4-7,14-15,18-20H,8-9,11H2,1-3H3. The molecule has 0 fully saturated rings. The van der Waals surface area contributed by atoms with Crippen molar-refractivity contribution in [2.45, 2.75) is 39.3 Å². The van der Waals surface area contributed by atoms with Crippen LogP contribution in [-0.2, 0) is 0 Å². The van der Waals surface area contributed by atoms with Gasteiger partial charge in [0.2, 0.25) is 0 Å². The highest BCUT2D eigenvalue weighted by Crippen LogP contribution is 2.22. The molecule has 0 aliphatic rings. The predicted octanol–water partition coefficient (Wildman–Crippen LogP) is 1.98. The lowest BCUT2D eigenvalue weighted by Crippen LogP contribution is -2.42. The largest absolute Gasteiger partial charge is 0.396 e. The lowest BCUT2D eigenvalue weighted by atomic mass is 9.85. The Kier molecular flexibility index (Phi) is 6.15. The van der Waals surface area contributed by atoms with E-state index in [0.717, 1.165) is 5.56 Å².